The van der Waals surface area contributed by atoms with Crippen molar-refractivity contribution >= 4 is 11.9 Å². The molecule has 0 radical (unpaired) electrons. The van der Waals surface area contributed by atoms with Crippen molar-refractivity contribution in [3.8, 4) is 11.1 Å². The molecule has 0 aliphatic heterocycles. The fourth-order valence-corrected chi connectivity index (χ4v) is 2.68. The molecule has 0 unspecified atom stereocenters. The summed E-state index contributed by atoms with van der Waals surface area (Å²) in [5, 5.41) is 0. The van der Waals surface area contributed by atoms with Crippen molar-refractivity contribution in [3.63, 3.8) is 0 Å². The summed E-state index contributed by atoms with van der Waals surface area (Å²) < 4.78 is 0. The van der Waals surface area contributed by atoms with Crippen LogP contribution in [0.5, 0.6) is 0 Å². The summed E-state index contributed by atoms with van der Waals surface area (Å²) in [4.78, 5) is 11.6. The summed E-state index contributed by atoms with van der Waals surface area (Å²) in [5.74, 6) is 0.0452. The number of carbonyl (C=O) groups excluding carboxylic acids is 1. The first-order valence-electron chi connectivity index (χ1n) is 9.00. The molecule has 0 N–H and O–H groups in total. The molecule has 0 saturated carbocycles. The van der Waals surface area contributed by atoms with Gasteiger partial charge in [-0.25, -0.2) is 0 Å². The van der Waals surface area contributed by atoms with Crippen molar-refractivity contribution in [2.45, 2.75) is 6.92 Å². The average Bonchev–Trinajstić information content (AvgIpc) is 3.42. The van der Waals surface area contributed by atoms with E-state index in [4.69, 9.17) is 0 Å². The standard InChI is InChI=1S/C14H11O.C12H11.Fe/c15-14(13-8-4-5-9-13)11-10-12-6-2-1-3-7-12;1-10-6-8-12(9-7-10)11-4-2-3-5-11;/h1-11H;2-9H,1H3;/q-5;-1;. The Hall–Kier alpha value is -2.93. The predicted molar refractivity (Wildman–Crippen MR) is 114 cm³/mol. The Kier molecular flexibility index (Phi) is 8.42. The zero-order chi connectivity index (χ0) is 18.9. The van der Waals surface area contributed by atoms with Gasteiger partial charge in [0.25, 0.3) is 0 Å². The van der Waals surface area contributed by atoms with Crippen LogP contribution in [0.15, 0.2) is 109 Å². The first-order chi connectivity index (χ1) is 13.2. The van der Waals surface area contributed by atoms with E-state index in [1.54, 1.807) is 6.08 Å². The summed E-state index contributed by atoms with van der Waals surface area (Å²) in [6, 6.07) is 34.1. The largest absolute Gasteiger partial charge is 0.645 e. The average molecular weight is 406 g/mol. The van der Waals surface area contributed by atoms with Gasteiger partial charge >= 0.3 is 0 Å². The van der Waals surface area contributed by atoms with Gasteiger partial charge in [-0.05, 0) is 6.92 Å². The maximum Gasteiger partial charge on any atom is 0 e. The number of rotatable bonds is 4. The fourth-order valence-electron chi connectivity index (χ4n) is 2.68. The summed E-state index contributed by atoms with van der Waals surface area (Å²) >= 11 is 0. The number of hydrogen-bond donors (Lipinski definition) is 0. The van der Waals surface area contributed by atoms with Crippen LogP contribution in [0.1, 0.15) is 21.5 Å². The first kappa shape index (κ1) is 21.4. The number of carbonyl (C=O) groups is 1. The van der Waals surface area contributed by atoms with Crippen molar-refractivity contribution in [1.82, 2.24) is 0 Å². The van der Waals surface area contributed by atoms with E-state index >= 15 is 0 Å². The molecule has 0 bridgehead atoms. The second kappa shape index (κ2) is 11.0. The number of ketones is 1. The van der Waals surface area contributed by atoms with E-state index < -0.39 is 0 Å². The molecule has 0 fully saturated rings. The molecule has 2 heteroatoms. The molecule has 0 heterocycles. The maximum absolute atomic E-state index is 11.6. The Labute approximate surface area is 177 Å². The van der Waals surface area contributed by atoms with Crippen molar-refractivity contribution in [1.29, 1.82) is 0 Å². The third kappa shape index (κ3) is 6.35. The molecule has 4 aromatic rings. The molecular formula is C26H22FeO-6. The Morgan fingerprint density at radius 2 is 1.46 bits per heavy atom. The van der Waals surface area contributed by atoms with E-state index in [9.17, 15) is 4.79 Å². The van der Waals surface area contributed by atoms with E-state index in [0.717, 1.165) is 11.1 Å². The van der Waals surface area contributed by atoms with Gasteiger partial charge in [-0.2, -0.15) is 18.2 Å². The van der Waals surface area contributed by atoms with Crippen LogP contribution in [0, 0.1) is 6.92 Å². The van der Waals surface area contributed by atoms with Crippen molar-refractivity contribution < 1.29 is 21.9 Å². The van der Waals surface area contributed by atoms with E-state index in [0.29, 0.717) is 0 Å². The minimum Gasteiger partial charge on any atom is -0.645 e. The molecule has 0 aliphatic carbocycles. The molecule has 0 spiro atoms. The van der Waals surface area contributed by atoms with Crippen LogP contribution in [0.2, 0.25) is 0 Å². The van der Waals surface area contributed by atoms with Gasteiger partial charge in [0, 0.05) is 17.1 Å². The first-order valence-corrected chi connectivity index (χ1v) is 9.00. The molecule has 28 heavy (non-hydrogen) atoms. The molecule has 0 amide bonds. The zero-order valence-corrected chi connectivity index (χ0v) is 16.8. The van der Waals surface area contributed by atoms with Gasteiger partial charge in [-0.15, -0.1) is 29.8 Å². The quantitative estimate of drug-likeness (QED) is 0.160. The number of benzene rings is 2. The SMILES string of the molecule is Cc1ccc(-[c-]2cccc2)cc1.O=C(C=Cc1ccccc1)[c-]1[cH-][cH-][cH-][cH-]1.[Fe]. The Bertz CT molecular complexity index is 961. The van der Waals surface area contributed by atoms with Crippen LogP contribution in [-0.4, -0.2) is 5.78 Å². The van der Waals surface area contributed by atoms with E-state index in [2.05, 4.69) is 55.5 Å². The van der Waals surface area contributed by atoms with Gasteiger partial charge in [0.15, 0.2) is 0 Å². The zero-order valence-electron chi connectivity index (χ0n) is 15.7. The fraction of sp³-hybridized carbons (Fsp3) is 0.0385. The smallest absolute Gasteiger partial charge is 0 e. The summed E-state index contributed by atoms with van der Waals surface area (Å²) in [6.45, 7) is 2.11. The maximum atomic E-state index is 11.6. The van der Waals surface area contributed by atoms with Crippen LogP contribution in [-0.2, 0) is 17.1 Å². The number of hydrogen-bond acceptors (Lipinski definition) is 1. The second-order valence-corrected chi connectivity index (χ2v) is 6.32. The van der Waals surface area contributed by atoms with Crippen LogP contribution in [0.25, 0.3) is 17.2 Å². The van der Waals surface area contributed by atoms with Crippen LogP contribution >= 0.6 is 0 Å². The van der Waals surface area contributed by atoms with Crippen LogP contribution < -0.4 is 0 Å². The molecule has 0 atom stereocenters. The van der Waals surface area contributed by atoms with Gasteiger partial charge in [0.05, 0.1) is 0 Å². The molecule has 0 aliphatic rings. The Balaban J connectivity index is 0.000000198. The second-order valence-electron chi connectivity index (χ2n) is 6.32. The van der Waals surface area contributed by atoms with Gasteiger partial charge in [0.1, 0.15) is 0 Å². The van der Waals surface area contributed by atoms with Crippen LogP contribution in [0.3, 0.4) is 0 Å². The topological polar surface area (TPSA) is 17.1 Å². The van der Waals surface area contributed by atoms with Crippen molar-refractivity contribution in [2.24, 2.45) is 0 Å². The van der Waals surface area contributed by atoms with Gasteiger partial charge < -0.3 is 46.5 Å². The molecule has 146 valence electrons. The Morgan fingerprint density at radius 3 is 2.07 bits per heavy atom. The Morgan fingerprint density at radius 1 is 0.857 bits per heavy atom. The van der Waals surface area contributed by atoms with Crippen molar-refractivity contribution in [2.75, 3.05) is 0 Å². The molecule has 0 aromatic heterocycles. The van der Waals surface area contributed by atoms with Crippen molar-refractivity contribution in [3.05, 3.63) is 126 Å². The summed E-state index contributed by atoms with van der Waals surface area (Å²) in [5.41, 5.74) is 5.69. The third-order valence-electron chi connectivity index (χ3n) is 4.22. The van der Waals surface area contributed by atoms with E-state index in [1.807, 2.05) is 60.7 Å². The van der Waals surface area contributed by atoms with Gasteiger partial charge in [0.2, 0.25) is 0 Å². The summed E-state index contributed by atoms with van der Waals surface area (Å²) in [6.07, 6.45) is 3.43. The number of aryl methyl sites for hydroxylation is 1. The van der Waals surface area contributed by atoms with E-state index in [-0.39, 0.29) is 22.9 Å². The normalized spacial score (nSPS) is 10.0. The van der Waals surface area contributed by atoms with Gasteiger partial charge in [-0.1, -0.05) is 59.2 Å². The molecular weight excluding hydrogens is 384 g/mol. The van der Waals surface area contributed by atoms with Crippen LogP contribution in [0.4, 0.5) is 0 Å². The minimum absolute atomic E-state index is 0. The molecule has 4 rings (SSSR count). The molecule has 4 aromatic carbocycles. The molecule has 0 saturated heterocycles. The van der Waals surface area contributed by atoms with Gasteiger partial charge in [-0.3, -0.25) is 0 Å². The third-order valence-corrected chi connectivity index (χ3v) is 4.22. The minimum atomic E-state index is 0. The summed E-state index contributed by atoms with van der Waals surface area (Å²) in [7, 11) is 0. The monoisotopic (exact) mass is 406 g/mol. The predicted octanol–water partition coefficient (Wildman–Crippen LogP) is 6.68. The molecule has 1 nitrogen and oxygen atoms in total. The van der Waals surface area contributed by atoms with E-state index in [1.165, 1.54) is 16.7 Å². The number of allylic oxidation sites excluding steroid dienone is 1.